The van der Waals surface area contributed by atoms with Crippen LogP contribution < -0.4 is 10.6 Å². The van der Waals surface area contributed by atoms with Crippen LogP contribution in [0.2, 0.25) is 0 Å². The second kappa shape index (κ2) is 9.53. The van der Waals surface area contributed by atoms with Gasteiger partial charge in [0, 0.05) is 27.3 Å². The summed E-state index contributed by atoms with van der Waals surface area (Å²) < 4.78 is 0. The van der Waals surface area contributed by atoms with E-state index < -0.39 is 12.1 Å². The van der Waals surface area contributed by atoms with Gasteiger partial charge in [-0.1, -0.05) is 0 Å². The Bertz CT molecular complexity index is 518. The van der Waals surface area contributed by atoms with Crippen molar-refractivity contribution < 1.29 is 28.8 Å². The Balaban J connectivity index is 0.000000441. The molecule has 0 radical (unpaired) electrons. The normalized spacial score (nSPS) is 17.5. The summed E-state index contributed by atoms with van der Waals surface area (Å²) in [5.74, 6) is -1.48. The van der Waals surface area contributed by atoms with Crippen LogP contribution in [0.1, 0.15) is 40.5 Å². The smallest absolute Gasteiger partial charge is 0.252 e. The van der Waals surface area contributed by atoms with E-state index in [1.807, 2.05) is 0 Å². The van der Waals surface area contributed by atoms with Crippen molar-refractivity contribution in [3.05, 3.63) is 0 Å². The minimum absolute atomic E-state index is 0.0783. The van der Waals surface area contributed by atoms with Crippen molar-refractivity contribution in [3.8, 4) is 0 Å². The van der Waals surface area contributed by atoms with Gasteiger partial charge in [-0.15, -0.1) is 0 Å². The van der Waals surface area contributed by atoms with E-state index in [0.717, 1.165) is 4.90 Å². The van der Waals surface area contributed by atoms with Gasteiger partial charge in [0.05, 0.1) is 12.5 Å². The van der Waals surface area contributed by atoms with Crippen LogP contribution >= 0.6 is 0 Å². The van der Waals surface area contributed by atoms with Gasteiger partial charge in [-0.05, 0) is 13.8 Å². The Morgan fingerprint density at radius 1 is 1.08 bits per heavy atom. The molecule has 24 heavy (non-hydrogen) atoms. The Morgan fingerprint density at radius 3 is 1.92 bits per heavy atom. The van der Waals surface area contributed by atoms with Crippen LogP contribution in [-0.2, 0) is 28.8 Å². The van der Waals surface area contributed by atoms with Crippen LogP contribution in [0, 0.1) is 0 Å². The first-order valence-electron chi connectivity index (χ1n) is 7.30. The Morgan fingerprint density at radius 2 is 1.62 bits per heavy atom. The molecular formula is C15H23N3O6. The highest BCUT2D eigenvalue weighted by Gasteiger charge is 2.36. The third kappa shape index (κ3) is 7.61. The molecule has 2 unspecified atom stereocenters. The maximum absolute atomic E-state index is 11.1. The molecule has 1 rings (SSSR count). The fourth-order valence-corrected chi connectivity index (χ4v) is 1.94. The van der Waals surface area contributed by atoms with Gasteiger partial charge in [-0.25, -0.2) is 0 Å². The molecule has 1 aliphatic heterocycles. The van der Waals surface area contributed by atoms with Gasteiger partial charge in [0.25, 0.3) is 5.91 Å². The number of nitrogens with one attached hydrogen (secondary N) is 2. The van der Waals surface area contributed by atoms with Crippen LogP contribution in [0.3, 0.4) is 0 Å². The zero-order chi connectivity index (χ0) is 19.0. The highest BCUT2D eigenvalue weighted by Crippen LogP contribution is 2.09. The molecule has 1 aliphatic rings. The number of likely N-dealkylation sites (tertiary alicyclic amines) is 1. The van der Waals surface area contributed by atoms with Crippen molar-refractivity contribution in [1.82, 2.24) is 15.5 Å². The second-order valence-electron chi connectivity index (χ2n) is 5.52. The Labute approximate surface area is 140 Å². The molecule has 0 saturated carbocycles. The van der Waals surface area contributed by atoms with E-state index in [-0.39, 0.29) is 48.0 Å². The minimum Gasteiger partial charge on any atom is -0.346 e. The molecule has 1 fully saturated rings. The molecule has 0 aromatic carbocycles. The summed E-state index contributed by atoms with van der Waals surface area (Å²) in [5.41, 5.74) is 0. The number of amides is 4. The van der Waals surface area contributed by atoms with Crippen LogP contribution in [0.4, 0.5) is 0 Å². The maximum atomic E-state index is 11.1. The van der Waals surface area contributed by atoms with Crippen molar-refractivity contribution in [2.75, 3.05) is 7.05 Å². The van der Waals surface area contributed by atoms with Gasteiger partial charge in [-0.2, -0.15) is 0 Å². The lowest BCUT2D eigenvalue weighted by Gasteiger charge is -2.11. The topological polar surface area (TPSA) is 130 Å². The lowest BCUT2D eigenvalue weighted by molar-refractivity contribution is -0.138. The highest BCUT2D eigenvalue weighted by molar-refractivity contribution is 6.06. The summed E-state index contributed by atoms with van der Waals surface area (Å²) >= 11 is 0. The van der Waals surface area contributed by atoms with E-state index in [1.54, 1.807) is 0 Å². The van der Waals surface area contributed by atoms with Gasteiger partial charge in [0.2, 0.25) is 17.7 Å². The van der Waals surface area contributed by atoms with Crippen molar-refractivity contribution in [2.24, 2.45) is 0 Å². The molecule has 134 valence electrons. The molecular weight excluding hydrogens is 318 g/mol. The lowest BCUT2D eigenvalue weighted by Crippen LogP contribution is -2.39. The standard InChI is InChI=1S/C8H13NO3.C7H10N2O3/c1-5(10)4-8(6(2)11)9-7(3)12;1-4(10)8-5-3-6(11)9(2)7(5)12/h8H,4H2,1-3H3,(H,9,12);5H,3H2,1-2H3,(H,8,10). The van der Waals surface area contributed by atoms with Crippen LogP contribution in [0.25, 0.3) is 0 Å². The van der Waals surface area contributed by atoms with Crippen LogP contribution in [0.5, 0.6) is 0 Å². The third-order valence-electron chi connectivity index (χ3n) is 3.12. The van der Waals surface area contributed by atoms with Gasteiger partial charge < -0.3 is 10.6 Å². The Kier molecular flexibility index (Phi) is 8.51. The molecule has 0 spiro atoms. The number of Topliss-reactive ketones (excluding diaryl/α,β-unsaturated/α-hetero) is 2. The number of carbonyl (C=O) groups is 6. The van der Waals surface area contributed by atoms with Crippen LogP contribution in [-0.4, -0.2) is 59.2 Å². The first-order valence-corrected chi connectivity index (χ1v) is 7.30. The van der Waals surface area contributed by atoms with Gasteiger partial charge in [-0.3, -0.25) is 33.7 Å². The molecule has 4 amide bonds. The second-order valence-corrected chi connectivity index (χ2v) is 5.52. The molecule has 0 aromatic rings. The first-order chi connectivity index (χ1) is 11.0. The number of hydrogen-bond acceptors (Lipinski definition) is 6. The highest BCUT2D eigenvalue weighted by atomic mass is 16.2. The average molecular weight is 341 g/mol. The van der Waals surface area contributed by atoms with Crippen molar-refractivity contribution in [3.63, 3.8) is 0 Å². The zero-order valence-electron chi connectivity index (χ0n) is 14.5. The van der Waals surface area contributed by atoms with Crippen LogP contribution in [0.15, 0.2) is 0 Å². The number of hydrogen-bond donors (Lipinski definition) is 2. The predicted octanol–water partition coefficient (Wildman–Crippen LogP) is -1.06. The SMILES string of the molecule is CC(=O)CC(NC(C)=O)C(C)=O.CC(=O)NC1CC(=O)N(C)C1=O. The number of nitrogens with zero attached hydrogens (tertiary/aromatic N) is 1. The van der Waals surface area contributed by atoms with Gasteiger partial charge >= 0.3 is 0 Å². The summed E-state index contributed by atoms with van der Waals surface area (Å²) in [4.78, 5) is 65.7. The van der Waals surface area contributed by atoms with E-state index in [4.69, 9.17) is 0 Å². The third-order valence-corrected chi connectivity index (χ3v) is 3.12. The van der Waals surface area contributed by atoms with E-state index >= 15 is 0 Å². The zero-order valence-corrected chi connectivity index (χ0v) is 14.5. The minimum atomic E-state index is -0.653. The molecule has 0 aliphatic carbocycles. The quantitative estimate of drug-likeness (QED) is 0.613. The van der Waals surface area contributed by atoms with Crippen molar-refractivity contribution >= 4 is 35.2 Å². The van der Waals surface area contributed by atoms with E-state index in [0.29, 0.717) is 0 Å². The van der Waals surface area contributed by atoms with Gasteiger partial charge in [0.15, 0.2) is 5.78 Å². The monoisotopic (exact) mass is 341 g/mol. The van der Waals surface area contributed by atoms with Crippen molar-refractivity contribution in [2.45, 2.75) is 52.6 Å². The summed E-state index contributed by atoms with van der Waals surface area (Å²) in [6.07, 6.45) is 0.157. The molecule has 1 heterocycles. The van der Waals surface area contributed by atoms with Crippen molar-refractivity contribution in [1.29, 1.82) is 0 Å². The number of likely N-dealkylation sites (N-methyl/N-ethyl adjacent to an activating group) is 1. The summed E-state index contributed by atoms with van der Waals surface area (Å²) in [7, 11) is 1.41. The lowest BCUT2D eigenvalue weighted by atomic mass is 10.1. The summed E-state index contributed by atoms with van der Waals surface area (Å²) in [6.45, 7) is 5.37. The van der Waals surface area contributed by atoms with E-state index in [2.05, 4.69) is 10.6 Å². The summed E-state index contributed by atoms with van der Waals surface area (Å²) in [5, 5.41) is 4.80. The fourth-order valence-electron chi connectivity index (χ4n) is 1.94. The van der Waals surface area contributed by atoms with E-state index in [9.17, 15) is 28.8 Å². The number of ketones is 2. The number of rotatable bonds is 5. The molecule has 2 atom stereocenters. The molecule has 9 heteroatoms. The maximum Gasteiger partial charge on any atom is 0.252 e. The Hall–Kier alpha value is -2.58. The number of carbonyl (C=O) groups excluding carboxylic acids is 6. The largest absolute Gasteiger partial charge is 0.346 e. The summed E-state index contributed by atoms with van der Waals surface area (Å²) in [6, 6.07) is -1.31. The fraction of sp³-hybridized carbons (Fsp3) is 0.600. The molecule has 0 aromatic heterocycles. The molecule has 0 bridgehead atoms. The van der Waals surface area contributed by atoms with Gasteiger partial charge in [0.1, 0.15) is 11.8 Å². The first kappa shape index (κ1) is 21.4. The number of imide groups is 1. The predicted molar refractivity (Wildman–Crippen MR) is 83.6 cm³/mol. The van der Waals surface area contributed by atoms with E-state index in [1.165, 1.54) is 34.7 Å². The molecule has 9 nitrogen and oxygen atoms in total. The molecule has 1 saturated heterocycles. The molecule has 2 N–H and O–H groups in total. The average Bonchev–Trinajstić information content (AvgIpc) is 2.64.